The van der Waals surface area contributed by atoms with Crippen molar-refractivity contribution in [1.29, 1.82) is 0 Å². The van der Waals surface area contributed by atoms with E-state index in [1.807, 2.05) is 38.1 Å². The Morgan fingerprint density at radius 3 is 2.69 bits per heavy atom. The number of carbonyl (C=O) groups is 2. The molecular weight excluding hydrogens is 386 g/mol. The number of para-hydroxylation sites is 1. The molecule has 0 fully saturated rings. The Hall–Kier alpha value is -1.25. The molecule has 0 spiro atoms. The van der Waals surface area contributed by atoms with Gasteiger partial charge in [-0.2, -0.15) is 0 Å². The van der Waals surface area contributed by atoms with Gasteiger partial charge in [-0.3, -0.25) is 9.59 Å². The average molecular weight is 412 g/mol. The summed E-state index contributed by atoms with van der Waals surface area (Å²) in [5.74, 6) is -0.352. The molecule has 2 N–H and O–H groups in total. The number of aromatic nitrogens is 1. The number of nitrogens with one attached hydrogen (secondary N) is 2. The van der Waals surface area contributed by atoms with Crippen LogP contribution in [0.5, 0.6) is 0 Å². The maximum atomic E-state index is 12.6. The van der Waals surface area contributed by atoms with Crippen molar-refractivity contribution in [2.75, 3.05) is 6.54 Å². The lowest BCUT2D eigenvalue weighted by molar-refractivity contribution is -0.128. The van der Waals surface area contributed by atoms with Crippen molar-refractivity contribution in [2.24, 2.45) is 0 Å². The van der Waals surface area contributed by atoms with Gasteiger partial charge >= 0.3 is 0 Å². The number of nitrogens with zero attached hydrogens (tertiary/aromatic N) is 1. The zero-order chi connectivity index (χ0) is 19.2. The number of thiazole rings is 1. The summed E-state index contributed by atoms with van der Waals surface area (Å²) in [6.45, 7) is 8.08. The first-order valence-electron chi connectivity index (χ1n) is 8.59. The van der Waals surface area contributed by atoms with Gasteiger partial charge in [0.15, 0.2) is 4.34 Å². The molecule has 5 nitrogen and oxygen atoms in total. The fraction of sp³-hybridized carbons (Fsp3) is 0.500. The van der Waals surface area contributed by atoms with Gasteiger partial charge in [-0.15, -0.1) is 11.3 Å². The van der Waals surface area contributed by atoms with E-state index in [9.17, 15) is 9.59 Å². The van der Waals surface area contributed by atoms with Gasteiger partial charge in [0, 0.05) is 13.5 Å². The molecule has 2 aromatic rings. The smallest absolute Gasteiger partial charge is 0.244 e. The lowest BCUT2D eigenvalue weighted by Crippen LogP contribution is -2.55. The van der Waals surface area contributed by atoms with E-state index in [0.717, 1.165) is 27.4 Å². The molecule has 1 aromatic heterocycles. The van der Waals surface area contributed by atoms with Crippen LogP contribution in [0.4, 0.5) is 0 Å². The lowest BCUT2D eigenvalue weighted by Gasteiger charge is -2.32. The predicted molar refractivity (Wildman–Crippen MR) is 113 cm³/mol. The normalized spacial score (nSPS) is 12.8. The van der Waals surface area contributed by atoms with Gasteiger partial charge in [-0.05, 0) is 43.2 Å². The molecule has 0 saturated heterocycles. The van der Waals surface area contributed by atoms with Crippen molar-refractivity contribution in [1.82, 2.24) is 15.6 Å². The Morgan fingerprint density at radius 2 is 2.04 bits per heavy atom. The van der Waals surface area contributed by atoms with Crippen LogP contribution < -0.4 is 10.6 Å². The molecule has 0 aliphatic rings. The second-order valence-electron chi connectivity index (χ2n) is 6.50. The van der Waals surface area contributed by atoms with E-state index >= 15 is 0 Å². The Bertz CT molecular complexity index is 728. The van der Waals surface area contributed by atoms with Gasteiger partial charge in [0.1, 0.15) is 6.04 Å². The Balaban J connectivity index is 2.06. The van der Waals surface area contributed by atoms with Gasteiger partial charge in [0.05, 0.1) is 15.0 Å². The third kappa shape index (κ3) is 5.89. The van der Waals surface area contributed by atoms with E-state index in [1.54, 1.807) is 32.9 Å². The quantitative estimate of drug-likeness (QED) is 0.477. The minimum absolute atomic E-state index is 0.143. The van der Waals surface area contributed by atoms with E-state index in [-0.39, 0.29) is 11.8 Å². The highest BCUT2D eigenvalue weighted by molar-refractivity contribution is 8.77. The molecule has 0 radical (unpaired) electrons. The standard InChI is InChI=1S/C18H25N3O2S3/c1-5-6-11-19-16(23)15(20-12(2)22)18(3,4)26-25-17-21-13-9-7-8-10-14(13)24-17/h7-10,15H,5-6,11H2,1-4H3,(H,19,23)(H,20,22)/t15-/m1/s1. The minimum Gasteiger partial charge on any atom is -0.354 e. The summed E-state index contributed by atoms with van der Waals surface area (Å²) in [5.41, 5.74) is 0.981. The van der Waals surface area contributed by atoms with Crippen LogP contribution in [0.3, 0.4) is 0 Å². The van der Waals surface area contributed by atoms with Crippen LogP contribution in [-0.4, -0.2) is 34.1 Å². The molecule has 0 unspecified atom stereocenters. The number of benzene rings is 1. The summed E-state index contributed by atoms with van der Waals surface area (Å²) in [6.07, 6.45) is 1.93. The SMILES string of the molecule is CCCCNC(=O)[C@@H](NC(C)=O)C(C)(C)SSc1nc2ccccc2s1. The number of carbonyl (C=O) groups excluding carboxylic acids is 2. The molecule has 2 amide bonds. The molecule has 8 heteroatoms. The number of hydrogen-bond acceptors (Lipinski definition) is 6. The van der Waals surface area contributed by atoms with Crippen molar-refractivity contribution < 1.29 is 9.59 Å². The summed E-state index contributed by atoms with van der Waals surface area (Å²) in [4.78, 5) is 28.8. The van der Waals surface area contributed by atoms with Crippen molar-refractivity contribution in [3.8, 4) is 0 Å². The second-order valence-corrected chi connectivity index (χ2v) is 10.6. The van der Waals surface area contributed by atoms with Crippen LogP contribution in [-0.2, 0) is 9.59 Å². The minimum atomic E-state index is -0.608. The molecule has 2 rings (SSSR count). The maximum Gasteiger partial charge on any atom is 0.244 e. The highest BCUT2D eigenvalue weighted by Gasteiger charge is 2.37. The third-order valence-corrected chi connectivity index (χ3v) is 8.38. The number of unbranched alkanes of at least 4 members (excludes halogenated alkanes) is 1. The summed E-state index contributed by atoms with van der Waals surface area (Å²) >= 11 is 1.63. The Labute approximate surface area is 166 Å². The third-order valence-electron chi connectivity index (χ3n) is 3.74. The fourth-order valence-electron chi connectivity index (χ4n) is 2.33. The van der Waals surface area contributed by atoms with Crippen LogP contribution in [0.1, 0.15) is 40.5 Å². The molecule has 142 valence electrons. The molecule has 0 aliphatic carbocycles. The summed E-state index contributed by atoms with van der Waals surface area (Å²) in [5, 5.41) is 5.73. The first kappa shape index (κ1) is 21.1. The van der Waals surface area contributed by atoms with E-state index < -0.39 is 10.8 Å². The van der Waals surface area contributed by atoms with Gasteiger partial charge in [0.25, 0.3) is 0 Å². The number of hydrogen-bond donors (Lipinski definition) is 2. The number of amides is 2. The van der Waals surface area contributed by atoms with Gasteiger partial charge in [-0.1, -0.05) is 36.3 Å². The number of fused-ring (bicyclic) bond motifs is 1. The highest BCUT2D eigenvalue weighted by Crippen LogP contribution is 2.44. The summed E-state index contributed by atoms with van der Waals surface area (Å²) < 4.78 is 1.59. The zero-order valence-corrected chi connectivity index (χ0v) is 17.9. The first-order valence-corrected chi connectivity index (χ1v) is 11.6. The number of rotatable bonds is 9. The molecule has 1 heterocycles. The largest absolute Gasteiger partial charge is 0.354 e. The average Bonchev–Trinajstić information content (AvgIpc) is 3.01. The molecular formula is C18H25N3O2S3. The van der Waals surface area contributed by atoms with Crippen molar-refractivity contribution in [3.63, 3.8) is 0 Å². The van der Waals surface area contributed by atoms with Crippen molar-refractivity contribution in [3.05, 3.63) is 24.3 Å². The molecule has 0 saturated carbocycles. The van der Waals surface area contributed by atoms with Crippen molar-refractivity contribution in [2.45, 2.75) is 55.7 Å². The maximum absolute atomic E-state index is 12.6. The monoisotopic (exact) mass is 411 g/mol. The summed E-state index contributed by atoms with van der Waals surface area (Å²) in [7, 11) is 3.10. The first-order chi connectivity index (χ1) is 12.3. The van der Waals surface area contributed by atoms with E-state index in [1.165, 1.54) is 6.92 Å². The Morgan fingerprint density at radius 1 is 1.31 bits per heavy atom. The van der Waals surface area contributed by atoms with Crippen LogP contribution in [0.15, 0.2) is 28.6 Å². The Kier molecular flexibility index (Phi) is 7.79. The fourth-order valence-corrected chi connectivity index (χ4v) is 5.98. The predicted octanol–water partition coefficient (Wildman–Crippen LogP) is 4.24. The molecule has 1 aromatic carbocycles. The van der Waals surface area contributed by atoms with E-state index in [2.05, 4.69) is 22.5 Å². The molecule has 1 atom stereocenters. The van der Waals surface area contributed by atoms with Crippen LogP contribution in [0.25, 0.3) is 10.2 Å². The van der Waals surface area contributed by atoms with Crippen LogP contribution in [0, 0.1) is 0 Å². The molecule has 0 aliphatic heterocycles. The molecule has 26 heavy (non-hydrogen) atoms. The van der Waals surface area contributed by atoms with E-state index in [4.69, 9.17) is 0 Å². The second kappa shape index (κ2) is 9.62. The zero-order valence-electron chi connectivity index (χ0n) is 15.5. The van der Waals surface area contributed by atoms with Crippen molar-refractivity contribution >= 4 is 55.0 Å². The van der Waals surface area contributed by atoms with Gasteiger partial charge in [-0.25, -0.2) is 4.98 Å². The molecule has 0 bridgehead atoms. The van der Waals surface area contributed by atoms with Gasteiger partial charge < -0.3 is 10.6 Å². The van der Waals surface area contributed by atoms with Gasteiger partial charge in [0.2, 0.25) is 11.8 Å². The van der Waals surface area contributed by atoms with Crippen LogP contribution >= 0.6 is 32.9 Å². The van der Waals surface area contributed by atoms with Crippen LogP contribution in [0.2, 0.25) is 0 Å². The topological polar surface area (TPSA) is 71.1 Å². The lowest BCUT2D eigenvalue weighted by atomic mass is 10.0. The highest BCUT2D eigenvalue weighted by atomic mass is 33.1. The summed E-state index contributed by atoms with van der Waals surface area (Å²) in [6, 6.07) is 7.41. The van der Waals surface area contributed by atoms with E-state index in [0.29, 0.717) is 6.54 Å².